The highest BCUT2D eigenvalue weighted by molar-refractivity contribution is 6.85. The van der Waals surface area contributed by atoms with E-state index < -0.39 is 11.7 Å². The Morgan fingerprint density at radius 3 is 1.45 bits per heavy atom. The SMILES string of the molecule is CC(C)c1cc(C(C)C)c([B]C(=O)O)cc1[B]C(=O)O. The molecule has 0 aliphatic carbocycles. The van der Waals surface area contributed by atoms with Gasteiger partial charge < -0.3 is 10.2 Å². The lowest BCUT2D eigenvalue weighted by Crippen LogP contribution is -2.35. The predicted octanol–water partition coefficient (Wildman–Crippen LogP) is 1.95. The first-order valence-electron chi connectivity index (χ1n) is 6.55. The third-order valence-electron chi connectivity index (χ3n) is 3.09. The minimum atomic E-state index is -1.04. The second-order valence-electron chi connectivity index (χ2n) is 5.38. The van der Waals surface area contributed by atoms with Crippen LogP contribution in [-0.2, 0) is 0 Å². The van der Waals surface area contributed by atoms with Gasteiger partial charge in [-0.25, -0.2) is 0 Å². The predicted molar refractivity (Wildman–Crippen MR) is 81.4 cm³/mol. The summed E-state index contributed by atoms with van der Waals surface area (Å²) in [5.74, 6) is -1.75. The molecule has 0 aromatic heterocycles. The van der Waals surface area contributed by atoms with Gasteiger partial charge in [0.25, 0.3) is 14.6 Å². The molecule has 0 atom stereocenters. The van der Waals surface area contributed by atoms with Gasteiger partial charge in [0.05, 0.1) is 0 Å². The van der Waals surface area contributed by atoms with Gasteiger partial charge in [-0.3, -0.25) is 9.59 Å². The average Bonchev–Trinajstić information content (AvgIpc) is 2.26. The van der Waals surface area contributed by atoms with Crippen LogP contribution in [0.25, 0.3) is 0 Å². The van der Waals surface area contributed by atoms with Crippen molar-refractivity contribution in [3.63, 3.8) is 0 Å². The van der Waals surface area contributed by atoms with E-state index in [1.165, 1.54) is 0 Å². The van der Waals surface area contributed by atoms with Crippen LogP contribution in [0.15, 0.2) is 12.1 Å². The second kappa shape index (κ2) is 6.64. The molecule has 0 amide bonds. The Balaban J connectivity index is 3.42. The summed E-state index contributed by atoms with van der Waals surface area (Å²) in [6.07, 6.45) is 0. The summed E-state index contributed by atoms with van der Waals surface area (Å²) in [6.45, 7) is 7.94. The zero-order valence-electron chi connectivity index (χ0n) is 12.2. The molecule has 1 aromatic rings. The Morgan fingerprint density at radius 1 is 0.850 bits per heavy atom. The molecule has 2 radical (unpaired) electrons. The molecule has 0 fully saturated rings. The molecule has 0 spiro atoms. The van der Waals surface area contributed by atoms with Crippen molar-refractivity contribution in [2.45, 2.75) is 39.5 Å². The van der Waals surface area contributed by atoms with E-state index in [2.05, 4.69) is 0 Å². The van der Waals surface area contributed by atoms with Crippen LogP contribution in [0.4, 0.5) is 9.59 Å². The Kier molecular flexibility index (Phi) is 5.42. The maximum atomic E-state index is 10.9. The van der Waals surface area contributed by atoms with Crippen molar-refractivity contribution in [2.24, 2.45) is 0 Å². The summed E-state index contributed by atoms with van der Waals surface area (Å²) < 4.78 is 0. The molecular weight excluding hydrogens is 254 g/mol. The lowest BCUT2D eigenvalue weighted by atomic mass is 9.60. The van der Waals surface area contributed by atoms with Gasteiger partial charge in [0.15, 0.2) is 0 Å². The topological polar surface area (TPSA) is 74.6 Å². The second-order valence-corrected chi connectivity index (χ2v) is 5.38. The standard InChI is InChI=1S/C14H18B2O4/c1-7(2)9-5-10(8(3)4)12(16-14(19)20)6-11(9)15-13(17)18/h5-8H,1-4H3,(H,17,18)(H,19,20). The van der Waals surface area contributed by atoms with E-state index in [9.17, 15) is 9.59 Å². The molecule has 0 saturated carbocycles. The minimum absolute atomic E-state index is 0.164. The van der Waals surface area contributed by atoms with Gasteiger partial charge in [0.1, 0.15) is 0 Å². The number of rotatable bonds is 6. The fourth-order valence-corrected chi connectivity index (χ4v) is 2.18. The Hall–Kier alpha value is -1.71. The summed E-state index contributed by atoms with van der Waals surface area (Å²) in [6, 6.07) is 3.56. The quantitative estimate of drug-likeness (QED) is 0.776. The fraction of sp³-hybridized carbons (Fsp3) is 0.429. The first kappa shape index (κ1) is 16.3. The van der Waals surface area contributed by atoms with Gasteiger partial charge in [-0.2, -0.15) is 0 Å². The Bertz CT molecular complexity index is 481. The molecule has 0 heterocycles. The zero-order valence-corrected chi connectivity index (χ0v) is 12.2. The molecule has 1 aromatic carbocycles. The van der Waals surface area contributed by atoms with Crippen molar-refractivity contribution in [2.75, 3.05) is 0 Å². The van der Waals surface area contributed by atoms with E-state index in [4.69, 9.17) is 10.2 Å². The number of benzene rings is 1. The fourth-order valence-electron chi connectivity index (χ4n) is 2.18. The molecule has 4 nitrogen and oxygen atoms in total. The van der Waals surface area contributed by atoms with Crippen LogP contribution < -0.4 is 10.9 Å². The number of carboxylic acid groups (broad SMARTS) is 2. The molecular formula is C14H18B2O4. The van der Waals surface area contributed by atoms with E-state index in [0.29, 0.717) is 10.9 Å². The van der Waals surface area contributed by atoms with Crippen LogP contribution in [0, 0.1) is 0 Å². The summed E-state index contributed by atoms with van der Waals surface area (Å²) in [7, 11) is 2.25. The third-order valence-corrected chi connectivity index (χ3v) is 3.09. The van der Waals surface area contributed by atoms with Crippen molar-refractivity contribution in [1.82, 2.24) is 0 Å². The smallest absolute Gasteiger partial charge is 0.299 e. The van der Waals surface area contributed by atoms with Crippen LogP contribution in [-0.4, -0.2) is 36.5 Å². The highest BCUT2D eigenvalue weighted by Gasteiger charge is 2.19. The normalized spacial score (nSPS) is 10.7. The molecule has 104 valence electrons. The van der Waals surface area contributed by atoms with E-state index in [0.717, 1.165) is 25.7 Å². The molecule has 1 rings (SSSR count). The van der Waals surface area contributed by atoms with Gasteiger partial charge in [-0.05, 0) is 11.8 Å². The zero-order chi connectivity index (χ0) is 15.4. The van der Waals surface area contributed by atoms with Gasteiger partial charge >= 0.3 is 0 Å². The van der Waals surface area contributed by atoms with Gasteiger partial charge in [0, 0.05) is 0 Å². The molecule has 2 N–H and O–H groups in total. The summed E-state index contributed by atoms with van der Waals surface area (Å²) in [4.78, 5) is 21.8. The molecule has 0 aliphatic rings. The van der Waals surface area contributed by atoms with Gasteiger partial charge in [-0.15, -0.1) is 0 Å². The number of carbonyl (C=O) groups is 2. The van der Waals surface area contributed by atoms with Crippen LogP contribution in [0.5, 0.6) is 0 Å². The molecule has 6 heteroatoms. The minimum Gasteiger partial charge on any atom is -0.489 e. The molecule has 0 unspecified atom stereocenters. The summed E-state index contributed by atoms with van der Waals surface area (Å²) in [5, 5.41) is 17.9. The third kappa shape index (κ3) is 4.15. The van der Waals surface area contributed by atoms with Crippen molar-refractivity contribution in [3.05, 3.63) is 23.3 Å². The maximum Gasteiger partial charge on any atom is 0.299 e. The molecule has 0 bridgehead atoms. The lowest BCUT2D eigenvalue weighted by Gasteiger charge is -2.19. The van der Waals surface area contributed by atoms with Crippen molar-refractivity contribution >= 4 is 37.2 Å². The maximum absolute atomic E-state index is 10.9. The first-order valence-corrected chi connectivity index (χ1v) is 6.55. The van der Waals surface area contributed by atoms with Crippen molar-refractivity contribution in [1.29, 1.82) is 0 Å². The molecule has 0 saturated heterocycles. The van der Waals surface area contributed by atoms with E-state index >= 15 is 0 Å². The van der Waals surface area contributed by atoms with Gasteiger partial charge in [-0.1, -0.05) is 61.9 Å². The summed E-state index contributed by atoms with van der Waals surface area (Å²) >= 11 is 0. The lowest BCUT2D eigenvalue weighted by molar-refractivity contribution is 0.219. The van der Waals surface area contributed by atoms with E-state index in [-0.39, 0.29) is 11.8 Å². The molecule has 0 aliphatic heterocycles. The Labute approximate surface area is 120 Å². The van der Waals surface area contributed by atoms with Crippen molar-refractivity contribution < 1.29 is 19.8 Å². The number of hydrogen-bond acceptors (Lipinski definition) is 2. The summed E-state index contributed by atoms with van der Waals surface area (Å²) in [5.41, 5.74) is 2.95. The number of hydrogen-bond donors (Lipinski definition) is 2. The van der Waals surface area contributed by atoms with Crippen LogP contribution in [0.3, 0.4) is 0 Å². The van der Waals surface area contributed by atoms with E-state index in [1.54, 1.807) is 6.07 Å². The van der Waals surface area contributed by atoms with Gasteiger partial charge in [0.2, 0.25) is 11.7 Å². The van der Waals surface area contributed by atoms with E-state index in [1.807, 2.05) is 33.8 Å². The first-order chi connectivity index (χ1) is 9.22. The molecule has 20 heavy (non-hydrogen) atoms. The average molecular weight is 272 g/mol. The van der Waals surface area contributed by atoms with Crippen LogP contribution >= 0.6 is 0 Å². The Morgan fingerprint density at radius 2 is 1.20 bits per heavy atom. The van der Waals surface area contributed by atoms with Crippen LogP contribution in [0.1, 0.15) is 50.7 Å². The highest BCUT2D eigenvalue weighted by Crippen LogP contribution is 2.18. The highest BCUT2D eigenvalue weighted by atomic mass is 16.4. The van der Waals surface area contributed by atoms with Crippen molar-refractivity contribution in [3.8, 4) is 0 Å². The monoisotopic (exact) mass is 272 g/mol. The largest absolute Gasteiger partial charge is 0.489 e. The van der Waals surface area contributed by atoms with Crippen LogP contribution in [0.2, 0.25) is 0 Å².